The van der Waals surface area contributed by atoms with Gasteiger partial charge in [-0.2, -0.15) is 5.21 Å². The Morgan fingerprint density at radius 2 is 1.76 bits per heavy atom. The zero-order chi connectivity index (χ0) is 26.5. The number of aromatic amines is 1. The number of tetrazole rings is 1. The number of nitrogens with one attached hydrogen (secondary N) is 1. The normalized spacial score (nSPS) is 14.4. The number of carbonyl (C=O) groups excluding carboxylic acids is 1. The van der Waals surface area contributed by atoms with E-state index < -0.39 is 11.8 Å². The molecule has 0 spiro atoms. The number of H-pyrrole nitrogens is 1. The standard InChI is InChI=1S/C29H31N5O4/c1-2-7-26(35)34(19-29(38-28(36)37)14-5-6-15-29)18-20-10-11-22-17-23(13-12-21(22)16-20)24-8-3-4-9-25(24)27-30-32-33-31-27/h3-4,8-13,16-17H,2,5-7,14-15,18-19H2,1H3,(H,36,37)(H,30,31,32,33). The molecule has 5 rings (SSSR count). The number of amides is 1. The van der Waals surface area contributed by atoms with Crippen molar-refractivity contribution >= 4 is 22.8 Å². The summed E-state index contributed by atoms with van der Waals surface area (Å²) in [6.07, 6.45) is 2.95. The molecule has 0 aliphatic heterocycles. The van der Waals surface area contributed by atoms with E-state index in [4.69, 9.17) is 4.74 Å². The van der Waals surface area contributed by atoms with E-state index in [9.17, 15) is 14.7 Å². The Labute approximate surface area is 220 Å². The lowest BCUT2D eigenvalue weighted by Gasteiger charge is -2.34. The molecule has 4 aromatic rings. The lowest BCUT2D eigenvalue weighted by atomic mass is 9.96. The minimum absolute atomic E-state index is 0.0151. The van der Waals surface area contributed by atoms with Crippen LogP contribution in [0.4, 0.5) is 4.79 Å². The molecule has 0 radical (unpaired) electrons. The summed E-state index contributed by atoms with van der Waals surface area (Å²) in [4.78, 5) is 26.3. The Morgan fingerprint density at radius 1 is 1.03 bits per heavy atom. The van der Waals surface area contributed by atoms with Crippen LogP contribution in [0, 0.1) is 0 Å². The van der Waals surface area contributed by atoms with Crippen molar-refractivity contribution in [1.82, 2.24) is 25.5 Å². The highest BCUT2D eigenvalue weighted by Crippen LogP contribution is 2.35. The predicted molar refractivity (Wildman–Crippen MR) is 143 cm³/mol. The van der Waals surface area contributed by atoms with Crippen LogP contribution in [0.25, 0.3) is 33.3 Å². The highest BCUT2D eigenvalue weighted by molar-refractivity contribution is 5.90. The van der Waals surface area contributed by atoms with E-state index in [1.54, 1.807) is 4.90 Å². The minimum Gasteiger partial charge on any atom is -0.450 e. The van der Waals surface area contributed by atoms with Crippen molar-refractivity contribution in [3.63, 3.8) is 0 Å². The van der Waals surface area contributed by atoms with Gasteiger partial charge in [0.1, 0.15) is 5.60 Å². The molecular weight excluding hydrogens is 482 g/mol. The number of nitrogens with zero attached hydrogens (tertiary/aromatic N) is 4. The van der Waals surface area contributed by atoms with E-state index in [0.29, 0.717) is 31.6 Å². The molecule has 1 amide bonds. The monoisotopic (exact) mass is 513 g/mol. The van der Waals surface area contributed by atoms with E-state index in [2.05, 4.69) is 51.0 Å². The first-order valence-corrected chi connectivity index (χ1v) is 13.0. The molecule has 1 aliphatic rings. The van der Waals surface area contributed by atoms with E-state index in [-0.39, 0.29) is 12.5 Å². The zero-order valence-corrected chi connectivity index (χ0v) is 21.4. The molecule has 1 aliphatic carbocycles. The maximum absolute atomic E-state index is 13.1. The summed E-state index contributed by atoms with van der Waals surface area (Å²) in [5.74, 6) is 0.557. The van der Waals surface area contributed by atoms with Gasteiger partial charge in [-0.05, 0) is 76.9 Å². The van der Waals surface area contributed by atoms with Gasteiger partial charge in [-0.3, -0.25) is 4.79 Å². The van der Waals surface area contributed by atoms with Gasteiger partial charge >= 0.3 is 6.16 Å². The van der Waals surface area contributed by atoms with E-state index in [1.165, 1.54) is 0 Å². The average molecular weight is 514 g/mol. The number of ether oxygens (including phenoxy) is 1. The first-order chi connectivity index (χ1) is 18.5. The Morgan fingerprint density at radius 3 is 2.47 bits per heavy atom. The van der Waals surface area contributed by atoms with Gasteiger partial charge < -0.3 is 14.7 Å². The van der Waals surface area contributed by atoms with Crippen LogP contribution in [0.1, 0.15) is 51.0 Å². The summed E-state index contributed by atoms with van der Waals surface area (Å²) in [5, 5.41) is 25.9. The average Bonchev–Trinajstić information content (AvgIpc) is 3.61. The molecule has 1 aromatic heterocycles. The van der Waals surface area contributed by atoms with E-state index >= 15 is 0 Å². The van der Waals surface area contributed by atoms with Gasteiger partial charge in [0, 0.05) is 18.5 Å². The van der Waals surface area contributed by atoms with Gasteiger partial charge in [0.2, 0.25) is 11.7 Å². The van der Waals surface area contributed by atoms with Gasteiger partial charge in [-0.15, -0.1) is 10.2 Å². The van der Waals surface area contributed by atoms with E-state index in [1.807, 2.05) is 37.3 Å². The molecule has 196 valence electrons. The molecule has 9 nitrogen and oxygen atoms in total. The maximum Gasteiger partial charge on any atom is 0.506 e. The second-order valence-corrected chi connectivity index (χ2v) is 9.94. The lowest BCUT2D eigenvalue weighted by molar-refractivity contribution is -0.136. The lowest BCUT2D eigenvalue weighted by Crippen LogP contribution is -2.46. The molecule has 0 unspecified atom stereocenters. The van der Waals surface area contributed by atoms with Crippen molar-refractivity contribution in [3.05, 3.63) is 66.2 Å². The fourth-order valence-electron chi connectivity index (χ4n) is 5.44. The minimum atomic E-state index is -1.28. The predicted octanol–water partition coefficient (Wildman–Crippen LogP) is 5.82. The van der Waals surface area contributed by atoms with Crippen LogP contribution < -0.4 is 0 Å². The number of fused-ring (bicyclic) bond motifs is 1. The molecule has 0 atom stereocenters. The molecular formula is C29H31N5O4. The molecule has 1 heterocycles. The first kappa shape index (κ1) is 25.4. The summed E-state index contributed by atoms with van der Waals surface area (Å²) >= 11 is 0. The molecule has 9 heteroatoms. The Balaban J connectivity index is 1.41. The molecule has 2 N–H and O–H groups in total. The second-order valence-electron chi connectivity index (χ2n) is 9.94. The van der Waals surface area contributed by atoms with Crippen LogP contribution in [0.3, 0.4) is 0 Å². The smallest absolute Gasteiger partial charge is 0.450 e. The third-order valence-electron chi connectivity index (χ3n) is 7.22. The number of hydrogen-bond donors (Lipinski definition) is 2. The number of carbonyl (C=O) groups is 2. The van der Waals surface area contributed by atoms with Crippen molar-refractivity contribution in [2.75, 3.05) is 6.54 Å². The molecule has 38 heavy (non-hydrogen) atoms. The van der Waals surface area contributed by atoms with Crippen LogP contribution in [0.2, 0.25) is 0 Å². The van der Waals surface area contributed by atoms with Crippen LogP contribution in [-0.2, 0) is 16.1 Å². The fraction of sp³-hybridized carbons (Fsp3) is 0.345. The molecule has 1 fully saturated rings. The molecule has 1 saturated carbocycles. The van der Waals surface area contributed by atoms with Crippen LogP contribution in [0.5, 0.6) is 0 Å². The summed E-state index contributed by atoms with van der Waals surface area (Å²) in [6.45, 7) is 2.66. The highest BCUT2D eigenvalue weighted by atomic mass is 16.7. The van der Waals surface area contributed by atoms with Crippen molar-refractivity contribution in [3.8, 4) is 22.5 Å². The van der Waals surface area contributed by atoms with Crippen LogP contribution in [0.15, 0.2) is 60.7 Å². The zero-order valence-electron chi connectivity index (χ0n) is 21.4. The number of aromatic nitrogens is 4. The Hall–Kier alpha value is -4.27. The molecule has 3 aromatic carbocycles. The van der Waals surface area contributed by atoms with Crippen molar-refractivity contribution < 1.29 is 19.4 Å². The third kappa shape index (κ3) is 5.51. The maximum atomic E-state index is 13.1. The number of benzene rings is 3. The first-order valence-electron chi connectivity index (χ1n) is 13.0. The Bertz CT molecular complexity index is 1430. The summed E-state index contributed by atoms with van der Waals surface area (Å²) in [5.41, 5.74) is 3.11. The number of hydrogen-bond acceptors (Lipinski definition) is 6. The Kier molecular flexibility index (Phi) is 7.35. The van der Waals surface area contributed by atoms with Crippen LogP contribution in [-0.4, -0.2) is 54.8 Å². The summed E-state index contributed by atoms with van der Waals surface area (Å²) in [6, 6.07) is 20.4. The van der Waals surface area contributed by atoms with Gasteiger partial charge in [0.25, 0.3) is 0 Å². The van der Waals surface area contributed by atoms with E-state index in [0.717, 1.165) is 52.3 Å². The quantitative estimate of drug-likeness (QED) is 0.270. The summed E-state index contributed by atoms with van der Waals surface area (Å²) < 4.78 is 5.37. The number of carboxylic acid groups (broad SMARTS) is 1. The van der Waals surface area contributed by atoms with Crippen molar-refractivity contribution in [2.45, 2.75) is 57.6 Å². The second kappa shape index (κ2) is 11.0. The molecule has 0 saturated heterocycles. The summed E-state index contributed by atoms with van der Waals surface area (Å²) in [7, 11) is 0. The molecule has 0 bridgehead atoms. The highest BCUT2D eigenvalue weighted by Gasteiger charge is 2.40. The van der Waals surface area contributed by atoms with Gasteiger partial charge in [0.05, 0.1) is 6.54 Å². The van der Waals surface area contributed by atoms with Gasteiger partial charge in [-0.25, -0.2) is 4.79 Å². The van der Waals surface area contributed by atoms with Gasteiger partial charge in [0.15, 0.2) is 0 Å². The number of rotatable bonds is 9. The fourth-order valence-corrected chi connectivity index (χ4v) is 5.44. The topological polar surface area (TPSA) is 121 Å². The largest absolute Gasteiger partial charge is 0.506 e. The SMILES string of the molecule is CCCC(=O)N(Cc1ccc2cc(-c3ccccc3-c3nn[nH]n3)ccc2c1)CC1(OC(=O)O)CCCC1. The van der Waals surface area contributed by atoms with Crippen LogP contribution >= 0.6 is 0 Å². The van der Waals surface area contributed by atoms with Gasteiger partial charge in [-0.1, -0.05) is 55.5 Å². The van der Waals surface area contributed by atoms with Crippen molar-refractivity contribution in [1.29, 1.82) is 0 Å². The van der Waals surface area contributed by atoms with Crippen molar-refractivity contribution in [2.24, 2.45) is 0 Å². The third-order valence-corrected chi connectivity index (χ3v) is 7.22.